The molecule has 36 heavy (non-hydrogen) atoms. The van der Waals surface area contributed by atoms with Crippen LogP contribution in [0.25, 0.3) is 0 Å². The monoisotopic (exact) mass is 498 g/mol. The van der Waals surface area contributed by atoms with E-state index in [9.17, 15) is 34.4 Å². The minimum absolute atomic E-state index is 0.0606. The van der Waals surface area contributed by atoms with E-state index in [4.69, 9.17) is 4.74 Å². The summed E-state index contributed by atoms with van der Waals surface area (Å²) in [5.41, 5.74) is 0.246. The maximum atomic E-state index is 12.6. The molecule has 12 nitrogen and oxygen atoms in total. The van der Waals surface area contributed by atoms with E-state index in [1.807, 2.05) is 0 Å². The maximum Gasteiger partial charge on any atom is 0.326 e. The zero-order chi connectivity index (χ0) is 26.1. The van der Waals surface area contributed by atoms with Gasteiger partial charge in [0.1, 0.15) is 11.8 Å². The minimum Gasteiger partial charge on any atom is -0.484 e. The molecule has 2 aromatic rings. The number of ether oxygens (including phenoxy) is 1. The van der Waals surface area contributed by atoms with Gasteiger partial charge in [0.2, 0.25) is 5.91 Å². The Balaban J connectivity index is 1.41. The van der Waals surface area contributed by atoms with Crippen molar-refractivity contribution in [2.45, 2.75) is 18.9 Å². The number of amides is 3. The summed E-state index contributed by atoms with van der Waals surface area (Å²) in [5.74, 6) is -1.97. The average molecular weight is 498 g/mol. The van der Waals surface area contributed by atoms with E-state index in [0.29, 0.717) is 24.4 Å². The molecule has 2 aromatic carbocycles. The molecule has 3 rings (SSSR count). The molecule has 0 aliphatic carbocycles. The van der Waals surface area contributed by atoms with Gasteiger partial charge in [0, 0.05) is 50.3 Å². The van der Waals surface area contributed by atoms with E-state index in [1.165, 1.54) is 24.3 Å². The summed E-state index contributed by atoms with van der Waals surface area (Å²) in [6.07, 6.45) is -0.127. The molecule has 0 saturated carbocycles. The van der Waals surface area contributed by atoms with Crippen LogP contribution in [0.15, 0.2) is 54.6 Å². The van der Waals surface area contributed by atoms with E-state index in [-0.39, 0.29) is 50.0 Å². The number of nitro benzene ring substituents is 1. The molecule has 1 aliphatic heterocycles. The normalized spacial score (nSPS) is 14.0. The van der Waals surface area contributed by atoms with Crippen LogP contribution in [0.4, 0.5) is 5.69 Å². The lowest BCUT2D eigenvalue weighted by molar-refractivity contribution is -0.384. The summed E-state index contributed by atoms with van der Waals surface area (Å²) in [5, 5.41) is 22.6. The SMILES string of the molecule is O=C(N[C@@H](CCC(=O)N1CCN(C(=O)COc2ccc([N+](=O)[O-])cc2)CC1)C(=O)O)c1ccccc1. The predicted molar refractivity (Wildman–Crippen MR) is 126 cm³/mol. The number of carboxylic acids is 1. The highest BCUT2D eigenvalue weighted by Crippen LogP contribution is 2.17. The zero-order valence-electron chi connectivity index (χ0n) is 19.4. The quantitative estimate of drug-likeness (QED) is 0.366. The second-order valence-electron chi connectivity index (χ2n) is 8.07. The Morgan fingerprint density at radius 1 is 0.944 bits per heavy atom. The Labute approximate surface area is 206 Å². The van der Waals surface area contributed by atoms with Crippen LogP contribution in [0.1, 0.15) is 23.2 Å². The van der Waals surface area contributed by atoms with Crippen molar-refractivity contribution in [2.75, 3.05) is 32.8 Å². The lowest BCUT2D eigenvalue weighted by atomic mass is 10.1. The molecule has 1 atom stereocenters. The summed E-state index contributed by atoms with van der Waals surface area (Å²) in [6.45, 7) is 0.919. The standard InChI is InChI=1S/C24H26N4O8/c29-21(11-10-20(24(32)33)25-23(31)17-4-2-1-3-5-17)26-12-14-27(15-13-26)22(30)16-36-19-8-6-18(7-9-19)28(34)35/h1-9,20H,10-16H2,(H,25,31)(H,32,33)/t20-/m0/s1. The van der Waals surface area contributed by atoms with Crippen LogP contribution in [-0.2, 0) is 14.4 Å². The molecule has 1 saturated heterocycles. The lowest BCUT2D eigenvalue weighted by Gasteiger charge is -2.35. The van der Waals surface area contributed by atoms with Gasteiger partial charge in [0.25, 0.3) is 17.5 Å². The molecular formula is C24H26N4O8. The first-order valence-electron chi connectivity index (χ1n) is 11.3. The number of nitrogens with one attached hydrogen (secondary N) is 1. The van der Waals surface area contributed by atoms with Crippen LogP contribution in [0, 0.1) is 10.1 Å². The highest BCUT2D eigenvalue weighted by atomic mass is 16.6. The van der Waals surface area contributed by atoms with Gasteiger partial charge in [0.05, 0.1) is 4.92 Å². The van der Waals surface area contributed by atoms with E-state index < -0.39 is 22.8 Å². The number of carboxylic acid groups (broad SMARTS) is 1. The van der Waals surface area contributed by atoms with Crippen LogP contribution >= 0.6 is 0 Å². The van der Waals surface area contributed by atoms with Crippen molar-refractivity contribution < 1.29 is 33.9 Å². The highest BCUT2D eigenvalue weighted by molar-refractivity contribution is 5.96. The number of carbonyl (C=O) groups is 4. The number of benzene rings is 2. The number of hydrogen-bond acceptors (Lipinski definition) is 7. The first kappa shape index (κ1) is 26.1. The number of aliphatic carboxylic acids is 1. The Morgan fingerprint density at radius 2 is 1.53 bits per heavy atom. The number of nitro groups is 1. The fraction of sp³-hybridized carbons (Fsp3) is 0.333. The molecule has 12 heteroatoms. The van der Waals surface area contributed by atoms with Crippen molar-refractivity contribution >= 4 is 29.4 Å². The van der Waals surface area contributed by atoms with Gasteiger partial charge in [-0.15, -0.1) is 0 Å². The predicted octanol–water partition coefficient (Wildman–Crippen LogP) is 1.31. The molecule has 0 bridgehead atoms. The van der Waals surface area contributed by atoms with Gasteiger partial charge < -0.3 is 25.0 Å². The van der Waals surface area contributed by atoms with Gasteiger partial charge in [-0.25, -0.2) is 4.79 Å². The van der Waals surface area contributed by atoms with Crippen molar-refractivity contribution in [2.24, 2.45) is 0 Å². The molecule has 3 amide bonds. The van der Waals surface area contributed by atoms with Gasteiger partial charge in [-0.05, 0) is 30.7 Å². The third-order valence-corrected chi connectivity index (χ3v) is 5.68. The average Bonchev–Trinajstić information content (AvgIpc) is 2.90. The van der Waals surface area contributed by atoms with Crippen LogP contribution in [0.3, 0.4) is 0 Å². The van der Waals surface area contributed by atoms with E-state index >= 15 is 0 Å². The van der Waals surface area contributed by atoms with Crippen molar-refractivity contribution in [1.82, 2.24) is 15.1 Å². The Bertz CT molecular complexity index is 1100. The fourth-order valence-corrected chi connectivity index (χ4v) is 3.62. The molecule has 0 radical (unpaired) electrons. The molecular weight excluding hydrogens is 472 g/mol. The molecule has 1 aliphatic rings. The second-order valence-corrected chi connectivity index (χ2v) is 8.07. The number of carbonyl (C=O) groups excluding carboxylic acids is 3. The van der Waals surface area contributed by atoms with Crippen LogP contribution in [0.5, 0.6) is 5.75 Å². The first-order valence-corrected chi connectivity index (χ1v) is 11.3. The summed E-state index contributed by atoms with van der Waals surface area (Å²) in [7, 11) is 0. The molecule has 2 N–H and O–H groups in total. The van der Waals surface area contributed by atoms with Crippen LogP contribution < -0.4 is 10.1 Å². The van der Waals surface area contributed by atoms with Gasteiger partial charge >= 0.3 is 5.97 Å². The van der Waals surface area contributed by atoms with E-state index in [2.05, 4.69) is 5.32 Å². The minimum atomic E-state index is -1.23. The maximum absolute atomic E-state index is 12.6. The van der Waals surface area contributed by atoms with Crippen molar-refractivity contribution in [3.63, 3.8) is 0 Å². The topological polar surface area (TPSA) is 159 Å². The molecule has 1 fully saturated rings. The highest BCUT2D eigenvalue weighted by Gasteiger charge is 2.27. The molecule has 190 valence electrons. The third kappa shape index (κ3) is 7.26. The summed E-state index contributed by atoms with van der Waals surface area (Å²) >= 11 is 0. The lowest BCUT2D eigenvalue weighted by Crippen LogP contribution is -2.52. The van der Waals surface area contributed by atoms with Gasteiger partial charge in [-0.3, -0.25) is 24.5 Å². The van der Waals surface area contributed by atoms with Crippen LogP contribution in [0.2, 0.25) is 0 Å². The van der Waals surface area contributed by atoms with E-state index in [1.54, 1.807) is 40.1 Å². The molecule has 0 spiro atoms. The van der Waals surface area contributed by atoms with Crippen LogP contribution in [-0.4, -0.2) is 82.3 Å². The Morgan fingerprint density at radius 3 is 2.08 bits per heavy atom. The first-order chi connectivity index (χ1) is 17.2. The number of piperazine rings is 1. The summed E-state index contributed by atoms with van der Waals surface area (Å²) < 4.78 is 5.40. The van der Waals surface area contributed by atoms with Gasteiger partial charge in [-0.1, -0.05) is 18.2 Å². The van der Waals surface area contributed by atoms with Gasteiger partial charge in [-0.2, -0.15) is 0 Å². The Kier molecular flexibility index (Phi) is 8.92. The largest absolute Gasteiger partial charge is 0.484 e. The molecule has 0 unspecified atom stereocenters. The number of rotatable bonds is 10. The van der Waals surface area contributed by atoms with E-state index in [0.717, 1.165) is 0 Å². The molecule has 1 heterocycles. The second kappa shape index (κ2) is 12.3. The zero-order valence-corrected chi connectivity index (χ0v) is 19.4. The smallest absolute Gasteiger partial charge is 0.326 e. The third-order valence-electron chi connectivity index (χ3n) is 5.68. The molecule has 0 aromatic heterocycles. The summed E-state index contributed by atoms with van der Waals surface area (Å²) in [4.78, 5) is 62.1. The summed E-state index contributed by atoms with van der Waals surface area (Å²) in [6, 6.07) is 12.4. The van der Waals surface area contributed by atoms with Crippen molar-refractivity contribution in [3.8, 4) is 5.75 Å². The van der Waals surface area contributed by atoms with Gasteiger partial charge in [0.15, 0.2) is 6.61 Å². The number of nitrogens with zero attached hydrogens (tertiary/aromatic N) is 3. The van der Waals surface area contributed by atoms with Crippen molar-refractivity contribution in [3.05, 3.63) is 70.3 Å². The fourth-order valence-electron chi connectivity index (χ4n) is 3.62. The number of non-ortho nitro benzene ring substituents is 1. The number of hydrogen-bond donors (Lipinski definition) is 2. The van der Waals surface area contributed by atoms with Crippen molar-refractivity contribution in [1.29, 1.82) is 0 Å². The Hall–Kier alpha value is -4.48.